The molecule has 17 heavy (non-hydrogen) atoms. The van der Waals surface area contributed by atoms with Crippen LogP contribution in [0.15, 0.2) is 22.7 Å². The maximum absolute atomic E-state index is 5.62. The van der Waals surface area contributed by atoms with E-state index in [0.717, 1.165) is 22.5 Å². The predicted octanol–water partition coefficient (Wildman–Crippen LogP) is 3.32. The fourth-order valence-electron chi connectivity index (χ4n) is 2.13. The van der Waals surface area contributed by atoms with Crippen LogP contribution in [-0.4, -0.2) is 18.6 Å². The molecule has 2 nitrogen and oxygen atoms in total. The minimum Gasteiger partial charge on any atom is -0.389 e. The van der Waals surface area contributed by atoms with Gasteiger partial charge in [0.2, 0.25) is 0 Å². The number of halogens is 1. The second-order valence-corrected chi connectivity index (χ2v) is 6.00. The van der Waals surface area contributed by atoms with Crippen molar-refractivity contribution in [1.29, 1.82) is 0 Å². The fourth-order valence-corrected chi connectivity index (χ4v) is 2.94. The Balaban J connectivity index is 2.11. The van der Waals surface area contributed by atoms with E-state index in [1.54, 1.807) is 0 Å². The quantitative estimate of drug-likeness (QED) is 0.865. The lowest BCUT2D eigenvalue weighted by molar-refractivity contribution is 0.321. The number of rotatable bonds is 4. The van der Waals surface area contributed by atoms with E-state index < -0.39 is 0 Å². The molecule has 0 atom stereocenters. The van der Waals surface area contributed by atoms with Gasteiger partial charge in [0.25, 0.3) is 0 Å². The minimum atomic E-state index is 0.443. The number of anilines is 1. The summed E-state index contributed by atoms with van der Waals surface area (Å²) in [5, 5.41) is 0. The summed E-state index contributed by atoms with van der Waals surface area (Å²) in [5.41, 5.74) is 7.73. The lowest BCUT2D eigenvalue weighted by atomic mass is 9.85. The van der Waals surface area contributed by atoms with Crippen molar-refractivity contribution in [2.75, 3.05) is 18.5 Å². The van der Waals surface area contributed by atoms with E-state index >= 15 is 0 Å². The van der Waals surface area contributed by atoms with E-state index in [1.807, 2.05) is 12.1 Å². The van der Waals surface area contributed by atoms with Gasteiger partial charge in [0.15, 0.2) is 0 Å². The number of hydrogen-bond donors (Lipinski definition) is 1. The average Bonchev–Trinajstić information content (AvgIpc) is 2.22. The van der Waals surface area contributed by atoms with Crippen LogP contribution in [0.2, 0.25) is 0 Å². The normalized spacial score (nSPS) is 15.4. The van der Waals surface area contributed by atoms with Crippen LogP contribution in [0.5, 0.6) is 0 Å². The average molecular weight is 313 g/mol. The summed E-state index contributed by atoms with van der Waals surface area (Å²) < 4.78 is 1.06. The third-order valence-electron chi connectivity index (χ3n) is 3.40. The van der Waals surface area contributed by atoms with E-state index in [-0.39, 0.29) is 0 Å². The van der Waals surface area contributed by atoms with E-state index in [9.17, 15) is 0 Å². The second kappa shape index (κ2) is 5.36. The number of benzene rings is 1. The molecule has 4 heteroatoms. The Hall–Kier alpha value is -0.610. The molecule has 0 unspecified atom stereocenters. The van der Waals surface area contributed by atoms with Crippen LogP contribution >= 0.6 is 28.1 Å². The molecule has 0 aliphatic heterocycles. The van der Waals surface area contributed by atoms with Crippen LogP contribution in [-0.2, 0) is 0 Å². The van der Waals surface area contributed by atoms with Gasteiger partial charge in [-0.1, -0.05) is 18.6 Å². The van der Waals surface area contributed by atoms with Crippen LogP contribution in [0.4, 0.5) is 5.69 Å². The smallest absolute Gasteiger partial charge is 0.104 e. The fraction of sp³-hybridized carbons (Fsp3) is 0.462. The molecule has 0 amide bonds. The molecule has 1 aliphatic carbocycles. The van der Waals surface area contributed by atoms with Crippen molar-refractivity contribution in [1.82, 2.24) is 0 Å². The maximum atomic E-state index is 5.62. The molecule has 1 aromatic rings. The second-order valence-electron chi connectivity index (χ2n) is 4.71. The number of thiocarbonyl (C=S) groups is 1. The Morgan fingerprint density at radius 2 is 2.24 bits per heavy atom. The summed E-state index contributed by atoms with van der Waals surface area (Å²) in [5.74, 6) is 0.863. The van der Waals surface area contributed by atoms with E-state index in [4.69, 9.17) is 18.0 Å². The van der Waals surface area contributed by atoms with Gasteiger partial charge in [-0.2, -0.15) is 0 Å². The lowest BCUT2D eigenvalue weighted by Crippen LogP contribution is -2.29. The molecule has 1 fully saturated rings. The molecule has 0 spiro atoms. The van der Waals surface area contributed by atoms with E-state index in [2.05, 4.69) is 33.9 Å². The molecular formula is C13H17BrN2S. The van der Waals surface area contributed by atoms with Crippen molar-refractivity contribution in [3.05, 3.63) is 28.2 Å². The van der Waals surface area contributed by atoms with Gasteiger partial charge in [0, 0.05) is 23.6 Å². The van der Waals surface area contributed by atoms with Gasteiger partial charge in [-0.05, 0) is 52.9 Å². The first-order chi connectivity index (χ1) is 8.08. The Kier molecular flexibility index (Phi) is 4.05. The third kappa shape index (κ3) is 2.99. The van der Waals surface area contributed by atoms with E-state index in [1.165, 1.54) is 24.9 Å². The minimum absolute atomic E-state index is 0.443. The van der Waals surface area contributed by atoms with Crippen LogP contribution in [0.25, 0.3) is 0 Å². The van der Waals surface area contributed by atoms with Gasteiger partial charge < -0.3 is 10.6 Å². The van der Waals surface area contributed by atoms with Gasteiger partial charge in [0.05, 0.1) is 5.69 Å². The Morgan fingerprint density at radius 1 is 1.53 bits per heavy atom. The first-order valence-corrected chi connectivity index (χ1v) is 7.08. The molecule has 0 heterocycles. The zero-order chi connectivity index (χ0) is 12.4. The Morgan fingerprint density at radius 3 is 2.71 bits per heavy atom. The molecule has 0 aromatic heterocycles. The first-order valence-electron chi connectivity index (χ1n) is 5.88. The summed E-state index contributed by atoms with van der Waals surface area (Å²) in [6.07, 6.45) is 4.12. The summed E-state index contributed by atoms with van der Waals surface area (Å²) in [7, 11) is 2.14. The lowest BCUT2D eigenvalue weighted by Gasteiger charge is -2.31. The molecule has 0 saturated heterocycles. The standard InChI is InChI=1S/C13H17BrN2S/c1-16(8-9-3-2-4-9)12-6-5-10(13(15)17)7-11(12)14/h5-7,9H,2-4,8H2,1H3,(H2,15,17). The monoisotopic (exact) mass is 312 g/mol. The highest BCUT2D eigenvalue weighted by molar-refractivity contribution is 9.10. The van der Waals surface area contributed by atoms with Gasteiger partial charge >= 0.3 is 0 Å². The molecule has 2 N–H and O–H groups in total. The predicted molar refractivity (Wildman–Crippen MR) is 80.6 cm³/mol. The van der Waals surface area contributed by atoms with Crippen LogP contribution in [0.3, 0.4) is 0 Å². The van der Waals surface area contributed by atoms with Gasteiger partial charge in [-0.25, -0.2) is 0 Å². The van der Waals surface area contributed by atoms with Crippen LogP contribution < -0.4 is 10.6 Å². The van der Waals surface area contributed by atoms with Crippen molar-refractivity contribution in [3.63, 3.8) is 0 Å². The van der Waals surface area contributed by atoms with Crippen molar-refractivity contribution >= 4 is 38.8 Å². The van der Waals surface area contributed by atoms with Gasteiger partial charge in [-0.15, -0.1) is 0 Å². The highest BCUT2D eigenvalue weighted by Crippen LogP contribution is 2.31. The van der Waals surface area contributed by atoms with Crippen molar-refractivity contribution in [2.45, 2.75) is 19.3 Å². The van der Waals surface area contributed by atoms with Crippen molar-refractivity contribution < 1.29 is 0 Å². The summed E-state index contributed by atoms with van der Waals surface area (Å²) in [4.78, 5) is 2.75. The molecule has 0 bridgehead atoms. The molecule has 0 radical (unpaired) electrons. The highest BCUT2D eigenvalue weighted by Gasteiger charge is 2.20. The number of nitrogens with two attached hydrogens (primary N) is 1. The Labute approximate surface area is 116 Å². The SMILES string of the molecule is CN(CC1CCC1)c1ccc(C(N)=S)cc1Br. The zero-order valence-corrected chi connectivity index (χ0v) is 12.4. The first kappa shape index (κ1) is 12.8. The zero-order valence-electron chi connectivity index (χ0n) is 9.95. The van der Waals surface area contributed by atoms with Gasteiger partial charge in [-0.3, -0.25) is 0 Å². The van der Waals surface area contributed by atoms with E-state index in [0.29, 0.717) is 4.99 Å². The van der Waals surface area contributed by atoms with Crippen molar-refractivity contribution in [2.24, 2.45) is 11.7 Å². The summed E-state index contributed by atoms with van der Waals surface area (Å²) >= 11 is 8.56. The molecule has 1 saturated carbocycles. The highest BCUT2D eigenvalue weighted by atomic mass is 79.9. The Bertz CT molecular complexity index is 429. The van der Waals surface area contributed by atoms with Crippen LogP contribution in [0, 0.1) is 5.92 Å². The largest absolute Gasteiger partial charge is 0.389 e. The molecule has 92 valence electrons. The van der Waals surface area contributed by atoms with Gasteiger partial charge in [0.1, 0.15) is 4.99 Å². The maximum Gasteiger partial charge on any atom is 0.104 e. The van der Waals surface area contributed by atoms with Crippen LogP contribution in [0.1, 0.15) is 24.8 Å². The topological polar surface area (TPSA) is 29.3 Å². The summed E-state index contributed by atoms with van der Waals surface area (Å²) in [6.45, 7) is 1.13. The van der Waals surface area contributed by atoms with Crippen molar-refractivity contribution in [3.8, 4) is 0 Å². The third-order valence-corrected chi connectivity index (χ3v) is 4.27. The molecule has 1 aromatic carbocycles. The summed E-state index contributed by atoms with van der Waals surface area (Å²) in [6, 6.07) is 6.06. The number of hydrogen-bond acceptors (Lipinski definition) is 2. The molecule has 1 aliphatic rings. The molecule has 2 rings (SSSR count). The molecular weight excluding hydrogens is 296 g/mol. The number of nitrogens with zero attached hydrogens (tertiary/aromatic N) is 1.